The molecule has 1 aromatic rings. The van der Waals surface area contributed by atoms with Crippen molar-refractivity contribution in [3.8, 4) is 0 Å². The number of benzene rings is 1. The Balaban J connectivity index is 2.18. The molecule has 1 aromatic carbocycles. The van der Waals surface area contributed by atoms with Gasteiger partial charge in [-0.15, -0.1) is 0 Å². The van der Waals surface area contributed by atoms with Crippen LogP contribution in [0.3, 0.4) is 0 Å². The lowest BCUT2D eigenvalue weighted by Gasteiger charge is -2.35. The van der Waals surface area contributed by atoms with Crippen LogP contribution in [0.25, 0.3) is 0 Å². The molecule has 0 heterocycles. The molecule has 3 unspecified atom stereocenters. The van der Waals surface area contributed by atoms with Gasteiger partial charge in [0.2, 0.25) is 0 Å². The fourth-order valence-corrected chi connectivity index (χ4v) is 3.17. The molecule has 3 atom stereocenters. The highest BCUT2D eigenvalue weighted by Gasteiger charge is 2.29. The average molecular weight is 267 g/mol. The fourth-order valence-electron chi connectivity index (χ4n) is 3.17. The molecule has 1 fully saturated rings. The van der Waals surface area contributed by atoms with Crippen molar-refractivity contribution in [3.05, 3.63) is 35.4 Å². The van der Waals surface area contributed by atoms with E-state index in [0.717, 1.165) is 31.5 Å². The Kier molecular flexibility index (Phi) is 4.92. The topological polar surface area (TPSA) is 12.0 Å². The van der Waals surface area contributed by atoms with Crippen molar-refractivity contribution in [1.29, 1.82) is 0 Å². The van der Waals surface area contributed by atoms with Crippen LogP contribution < -0.4 is 5.32 Å². The molecular weight excluding hydrogens is 244 g/mol. The Labute approximate surface area is 114 Å². The van der Waals surface area contributed by atoms with Crippen LogP contribution in [-0.2, 0) is 0 Å². The quantitative estimate of drug-likeness (QED) is 0.866. The smallest absolute Gasteiger partial charge is 0.159 e. The van der Waals surface area contributed by atoms with E-state index >= 15 is 0 Å². The van der Waals surface area contributed by atoms with Crippen LogP contribution in [0.5, 0.6) is 0 Å². The maximum absolute atomic E-state index is 13.4. The van der Waals surface area contributed by atoms with Gasteiger partial charge in [-0.05, 0) is 61.4 Å². The maximum Gasteiger partial charge on any atom is 0.159 e. The van der Waals surface area contributed by atoms with Crippen molar-refractivity contribution in [2.75, 3.05) is 13.1 Å². The van der Waals surface area contributed by atoms with Gasteiger partial charge in [-0.1, -0.05) is 26.3 Å². The Morgan fingerprint density at radius 2 is 2.00 bits per heavy atom. The zero-order valence-corrected chi connectivity index (χ0v) is 11.8. The van der Waals surface area contributed by atoms with Crippen molar-refractivity contribution in [1.82, 2.24) is 5.32 Å². The molecule has 0 spiro atoms. The first-order valence-electron chi connectivity index (χ1n) is 7.27. The third-order valence-electron chi connectivity index (χ3n) is 4.28. The third-order valence-corrected chi connectivity index (χ3v) is 4.28. The molecule has 1 N–H and O–H groups in total. The summed E-state index contributed by atoms with van der Waals surface area (Å²) in [4.78, 5) is 0. The summed E-state index contributed by atoms with van der Waals surface area (Å²) in [7, 11) is 0. The molecule has 0 radical (unpaired) electrons. The first kappa shape index (κ1) is 14.4. The van der Waals surface area contributed by atoms with Gasteiger partial charge in [0.05, 0.1) is 0 Å². The first-order valence-corrected chi connectivity index (χ1v) is 7.27. The average Bonchev–Trinajstić information content (AvgIpc) is 2.40. The van der Waals surface area contributed by atoms with Crippen molar-refractivity contribution in [3.63, 3.8) is 0 Å². The van der Waals surface area contributed by atoms with Gasteiger partial charge in [0.15, 0.2) is 11.6 Å². The molecule has 0 saturated heterocycles. The normalized spacial score (nSPS) is 27.5. The van der Waals surface area contributed by atoms with Gasteiger partial charge >= 0.3 is 0 Å². The van der Waals surface area contributed by atoms with Crippen molar-refractivity contribution in [2.45, 2.75) is 39.0 Å². The number of halogens is 2. The Hall–Kier alpha value is -0.960. The summed E-state index contributed by atoms with van der Waals surface area (Å²) in [6.45, 7) is 6.26. The van der Waals surface area contributed by atoms with Crippen LogP contribution in [0.2, 0.25) is 0 Å². The molecule has 106 valence electrons. The Bertz CT molecular complexity index is 417. The standard InChI is InChI=1S/C16H23F2N/c1-3-19-10-13-5-4-11(2)8-14(13)12-6-7-15(17)16(18)9-12/h6-7,9,11,13-14,19H,3-5,8,10H2,1-2H3. The molecule has 3 heteroatoms. The minimum Gasteiger partial charge on any atom is -0.317 e. The van der Waals surface area contributed by atoms with Crippen LogP contribution in [0.1, 0.15) is 44.6 Å². The molecule has 1 saturated carbocycles. The zero-order chi connectivity index (χ0) is 13.8. The summed E-state index contributed by atoms with van der Waals surface area (Å²) < 4.78 is 26.5. The molecule has 0 bridgehead atoms. The summed E-state index contributed by atoms with van der Waals surface area (Å²) in [5, 5.41) is 3.39. The van der Waals surface area contributed by atoms with E-state index in [1.807, 2.05) is 0 Å². The van der Waals surface area contributed by atoms with Crippen LogP contribution in [0, 0.1) is 23.5 Å². The zero-order valence-electron chi connectivity index (χ0n) is 11.8. The van der Waals surface area contributed by atoms with E-state index in [-0.39, 0.29) is 0 Å². The van der Waals surface area contributed by atoms with Gasteiger partial charge < -0.3 is 5.32 Å². The Morgan fingerprint density at radius 3 is 2.68 bits per heavy atom. The molecule has 0 aliphatic heterocycles. The molecule has 19 heavy (non-hydrogen) atoms. The molecule has 1 nitrogen and oxygen atoms in total. The molecule has 2 rings (SSSR count). The molecular formula is C16H23F2N. The summed E-state index contributed by atoms with van der Waals surface area (Å²) in [5.41, 5.74) is 0.952. The van der Waals surface area contributed by atoms with Crippen LogP contribution in [0.4, 0.5) is 8.78 Å². The lowest BCUT2D eigenvalue weighted by Crippen LogP contribution is -2.31. The maximum atomic E-state index is 13.4. The van der Waals surface area contributed by atoms with E-state index in [9.17, 15) is 8.78 Å². The number of nitrogens with one attached hydrogen (secondary N) is 1. The second-order valence-electron chi connectivity index (χ2n) is 5.77. The van der Waals surface area contributed by atoms with Crippen molar-refractivity contribution >= 4 is 0 Å². The van der Waals surface area contributed by atoms with E-state index in [4.69, 9.17) is 0 Å². The Morgan fingerprint density at radius 1 is 1.21 bits per heavy atom. The minimum atomic E-state index is -0.754. The van der Waals surface area contributed by atoms with Gasteiger partial charge in [-0.3, -0.25) is 0 Å². The highest BCUT2D eigenvalue weighted by Crippen LogP contribution is 2.40. The number of rotatable bonds is 4. The molecule has 0 aromatic heterocycles. The minimum absolute atomic E-state index is 0.345. The van der Waals surface area contributed by atoms with Gasteiger partial charge in [0.1, 0.15) is 0 Å². The molecule has 0 amide bonds. The highest BCUT2D eigenvalue weighted by atomic mass is 19.2. The second kappa shape index (κ2) is 6.47. The lowest BCUT2D eigenvalue weighted by molar-refractivity contribution is 0.242. The van der Waals surface area contributed by atoms with E-state index in [1.165, 1.54) is 18.6 Å². The van der Waals surface area contributed by atoms with Crippen molar-refractivity contribution in [2.24, 2.45) is 11.8 Å². The lowest BCUT2D eigenvalue weighted by atomic mass is 9.71. The summed E-state index contributed by atoms with van der Waals surface area (Å²) in [6.07, 6.45) is 3.47. The predicted molar refractivity (Wildman–Crippen MR) is 74.1 cm³/mol. The van der Waals surface area contributed by atoms with Gasteiger partial charge in [0, 0.05) is 0 Å². The number of hydrogen-bond donors (Lipinski definition) is 1. The SMILES string of the molecule is CCNCC1CCC(C)CC1c1ccc(F)c(F)c1. The monoisotopic (exact) mass is 267 g/mol. The molecule has 1 aliphatic carbocycles. The van der Waals surface area contributed by atoms with Crippen LogP contribution in [-0.4, -0.2) is 13.1 Å². The third kappa shape index (κ3) is 3.53. The van der Waals surface area contributed by atoms with E-state index in [0.29, 0.717) is 17.8 Å². The van der Waals surface area contributed by atoms with Gasteiger partial charge in [-0.2, -0.15) is 0 Å². The molecule has 1 aliphatic rings. The fraction of sp³-hybridized carbons (Fsp3) is 0.625. The van der Waals surface area contributed by atoms with E-state index in [1.54, 1.807) is 6.07 Å². The summed E-state index contributed by atoms with van der Waals surface area (Å²) in [5.74, 6) is 0.0590. The first-order chi connectivity index (χ1) is 9.11. The largest absolute Gasteiger partial charge is 0.317 e. The highest BCUT2D eigenvalue weighted by molar-refractivity contribution is 5.23. The number of hydrogen-bond acceptors (Lipinski definition) is 1. The van der Waals surface area contributed by atoms with Gasteiger partial charge in [-0.25, -0.2) is 8.78 Å². The van der Waals surface area contributed by atoms with Gasteiger partial charge in [0.25, 0.3) is 0 Å². The summed E-state index contributed by atoms with van der Waals surface area (Å²) >= 11 is 0. The van der Waals surface area contributed by atoms with Crippen molar-refractivity contribution < 1.29 is 8.78 Å². The second-order valence-corrected chi connectivity index (χ2v) is 5.77. The summed E-state index contributed by atoms with van der Waals surface area (Å²) in [6, 6.07) is 4.39. The van der Waals surface area contributed by atoms with E-state index in [2.05, 4.69) is 19.2 Å². The van der Waals surface area contributed by atoms with Crippen LogP contribution in [0.15, 0.2) is 18.2 Å². The van der Waals surface area contributed by atoms with E-state index < -0.39 is 11.6 Å². The predicted octanol–water partition coefficient (Wildman–Crippen LogP) is 4.09. The van der Waals surface area contributed by atoms with Crippen LogP contribution >= 0.6 is 0 Å².